The predicted octanol–water partition coefficient (Wildman–Crippen LogP) is 4.53. The maximum absolute atomic E-state index is 12.3. The van der Waals surface area contributed by atoms with Gasteiger partial charge in [0.15, 0.2) is 17.3 Å². The lowest BCUT2D eigenvalue weighted by molar-refractivity contribution is 0.0734. The van der Waals surface area contributed by atoms with Crippen LogP contribution in [0.15, 0.2) is 78.9 Å². The van der Waals surface area contributed by atoms with E-state index in [0.29, 0.717) is 28.4 Å². The highest BCUT2D eigenvalue weighted by molar-refractivity contribution is 6.06. The van der Waals surface area contributed by atoms with Crippen molar-refractivity contribution in [2.75, 3.05) is 6.79 Å². The normalized spacial score (nSPS) is 12.1. The molecule has 28 heavy (non-hydrogen) atoms. The first-order chi connectivity index (χ1) is 13.7. The summed E-state index contributed by atoms with van der Waals surface area (Å²) in [6, 6.07) is 20.9. The molecule has 1 heterocycles. The number of hydrogen-bond donors (Lipinski definition) is 0. The number of fused-ring (bicyclic) bond motifs is 1. The average molecular weight is 372 g/mol. The van der Waals surface area contributed by atoms with Crippen LogP contribution in [0, 0.1) is 0 Å². The van der Waals surface area contributed by atoms with Crippen molar-refractivity contribution < 1.29 is 23.8 Å². The molecule has 1 aliphatic rings. The van der Waals surface area contributed by atoms with Crippen molar-refractivity contribution in [1.29, 1.82) is 0 Å². The molecule has 0 unspecified atom stereocenters. The molecule has 0 spiro atoms. The van der Waals surface area contributed by atoms with E-state index in [2.05, 4.69) is 0 Å². The monoisotopic (exact) mass is 372 g/mol. The summed E-state index contributed by atoms with van der Waals surface area (Å²) in [4.78, 5) is 24.4. The summed E-state index contributed by atoms with van der Waals surface area (Å²) >= 11 is 0. The number of carbonyl (C=O) groups is 2. The Morgan fingerprint density at radius 3 is 2.36 bits per heavy atom. The molecule has 3 aromatic carbocycles. The first-order valence-electron chi connectivity index (χ1n) is 8.68. The lowest BCUT2D eigenvalue weighted by Gasteiger charge is -2.05. The summed E-state index contributed by atoms with van der Waals surface area (Å²) in [6.45, 7) is 0.148. The summed E-state index contributed by atoms with van der Waals surface area (Å²) in [7, 11) is 0. The molecule has 0 saturated carbocycles. The van der Waals surface area contributed by atoms with E-state index in [-0.39, 0.29) is 12.6 Å². The van der Waals surface area contributed by atoms with Gasteiger partial charge in [-0.3, -0.25) is 4.79 Å². The molecular weight excluding hydrogens is 356 g/mol. The first-order valence-corrected chi connectivity index (χ1v) is 8.68. The number of allylic oxidation sites excluding steroid dienone is 1. The largest absolute Gasteiger partial charge is 0.454 e. The van der Waals surface area contributed by atoms with Gasteiger partial charge in [0.05, 0.1) is 5.56 Å². The second kappa shape index (κ2) is 7.80. The van der Waals surface area contributed by atoms with Crippen molar-refractivity contribution in [3.05, 3.63) is 95.6 Å². The minimum atomic E-state index is -0.485. The van der Waals surface area contributed by atoms with E-state index < -0.39 is 5.97 Å². The van der Waals surface area contributed by atoms with Crippen LogP contribution >= 0.6 is 0 Å². The zero-order valence-corrected chi connectivity index (χ0v) is 14.8. The van der Waals surface area contributed by atoms with Crippen LogP contribution in [0.25, 0.3) is 6.08 Å². The molecule has 5 nitrogen and oxygen atoms in total. The molecule has 0 radical (unpaired) electrons. The summed E-state index contributed by atoms with van der Waals surface area (Å²) in [5.41, 5.74) is 1.84. The van der Waals surface area contributed by atoms with Crippen LogP contribution in [0.3, 0.4) is 0 Å². The Kier molecular flexibility index (Phi) is 4.89. The van der Waals surface area contributed by atoms with Crippen molar-refractivity contribution in [2.45, 2.75) is 0 Å². The Bertz CT molecular complexity index is 1040. The number of benzene rings is 3. The van der Waals surface area contributed by atoms with Gasteiger partial charge >= 0.3 is 5.97 Å². The van der Waals surface area contributed by atoms with Gasteiger partial charge in [0.2, 0.25) is 6.79 Å². The number of rotatable bonds is 5. The molecule has 0 aromatic heterocycles. The molecule has 0 atom stereocenters. The highest BCUT2D eigenvalue weighted by Gasteiger charge is 2.17. The average Bonchev–Trinajstić information content (AvgIpc) is 3.21. The lowest BCUT2D eigenvalue weighted by Crippen LogP contribution is -2.08. The maximum Gasteiger partial charge on any atom is 0.343 e. The third-order valence-corrected chi connectivity index (χ3v) is 4.18. The quantitative estimate of drug-likeness (QED) is 0.285. The highest BCUT2D eigenvalue weighted by Crippen LogP contribution is 2.32. The lowest BCUT2D eigenvalue weighted by atomic mass is 10.1. The van der Waals surface area contributed by atoms with E-state index in [9.17, 15) is 9.59 Å². The number of esters is 1. The molecule has 3 aromatic rings. The third-order valence-electron chi connectivity index (χ3n) is 4.18. The van der Waals surface area contributed by atoms with Gasteiger partial charge in [-0.15, -0.1) is 0 Å². The Labute approximate surface area is 161 Å². The summed E-state index contributed by atoms with van der Waals surface area (Å²) in [6.07, 6.45) is 3.24. The molecule has 0 fully saturated rings. The van der Waals surface area contributed by atoms with E-state index in [0.717, 1.165) is 5.56 Å². The third kappa shape index (κ3) is 3.94. The topological polar surface area (TPSA) is 61.8 Å². The van der Waals surface area contributed by atoms with Crippen molar-refractivity contribution in [2.24, 2.45) is 0 Å². The SMILES string of the molecule is O=C(/C=C/c1ccc(OC(=O)c2ccc3c(c2)OCO3)cc1)c1ccccc1. The van der Waals surface area contributed by atoms with Crippen LogP contribution in [0.5, 0.6) is 17.2 Å². The fourth-order valence-electron chi connectivity index (χ4n) is 2.71. The Morgan fingerprint density at radius 2 is 1.57 bits per heavy atom. The van der Waals surface area contributed by atoms with Crippen molar-refractivity contribution in [3.8, 4) is 17.2 Å². The van der Waals surface area contributed by atoms with Gasteiger partial charge < -0.3 is 14.2 Å². The zero-order valence-electron chi connectivity index (χ0n) is 14.8. The van der Waals surface area contributed by atoms with E-state index in [1.54, 1.807) is 60.7 Å². The molecule has 0 N–H and O–H groups in total. The van der Waals surface area contributed by atoms with Crippen molar-refractivity contribution in [1.82, 2.24) is 0 Å². The van der Waals surface area contributed by atoms with E-state index in [4.69, 9.17) is 14.2 Å². The van der Waals surface area contributed by atoms with Gasteiger partial charge in [0.25, 0.3) is 0 Å². The van der Waals surface area contributed by atoms with Crippen LogP contribution in [0.1, 0.15) is 26.3 Å². The number of ether oxygens (including phenoxy) is 3. The van der Waals surface area contributed by atoms with Crippen LogP contribution < -0.4 is 14.2 Å². The highest BCUT2D eigenvalue weighted by atomic mass is 16.7. The number of hydrogen-bond acceptors (Lipinski definition) is 5. The molecule has 0 amide bonds. The molecular formula is C23H16O5. The van der Waals surface area contributed by atoms with Gasteiger partial charge in [-0.25, -0.2) is 4.79 Å². The van der Waals surface area contributed by atoms with Crippen LogP contribution in [0.4, 0.5) is 0 Å². The van der Waals surface area contributed by atoms with Crippen LogP contribution in [-0.2, 0) is 0 Å². The van der Waals surface area contributed by atoms with Gasteiger partial charge in [-0.2, -0.15) is 0 Å². The van der Waals surface area contributed by atoms with Gasteiger partial charge in [0, 0.05) is 5.56 Å². The van der Waals surface area contributed by atoms with E-state index >= 15 is 0 Å². The summed E-state index contributed by atoms with van der Waals surface area (Å²) in [5, 5.41) is 0. The molecule has 4 rings (SSSR count). The molecule has 1 aliphatic heterocycles. The molecule has 0 aliphatic carbocycles. The second-order valence-electron chi connectivity index (χ2n) is 6.09. The standard InChI is InChI=1S/C23H16O5/c24-20(17-4-2-1-3-5-17)12-8-16-6-10-19(11-7-16)28-23(25)18-9-13-21-22(14-18)27-15-26-21/h1-14H,15H2/b12-8+. The molecule has 0 saturated heterocycles. The summed E-state index contributed by atoms with van der Waals surface area (Å²) < 4.78 is 15.9. The minimum Gasteiger partial charge on any atom is -0.454 e. The Morgan fingerprint density at radius 1 is 0.821 bits per heavy atom. The van der Waals surface area contributed by atoms with Gasteiger partial charge in [0.1, 0.15) is 5.75 Å². The minimum absolute atomic E-state index is 0.0705. The number of ketones is 1. The van der Waals surface area contributed by atoms with Gasteiger partial charge in [-0.1, -0.05) is 48.5 Å². The summed E-state index contributed by atoms with van der Waals surface area (Å²) in [5.74, 6) is 0.990. The fraction of sp³-hybridized carbons (Fsp3) is 0.0435. The van der Waals surface area contributed by atoms with Crippen LogP contribution in [-0.4, -0.2) is 18.5 Å². The Balaban J connectivity index is 1.40. The van der Waals surface area contributed by atoms with Crippen molar-refractivity contribution >= 4 is 17.8 Å². The zero-order chi connectivity index (χ0) is 19.3. The maximum atomic E-state index is 12.3. The van der Waals surface area contributed by atoms with E-state index in [1.807, 2.05) is 18.2 Å². The molecule has 138 valence electrons. The number of carbonyl (C=O) groups excluding carboxylic acids is 2. The Hall–Kier alpha value is -3.86. The first kappa shape index (κ1) is 17.5. The molecule has 5 heteroatoms. The smallest absolute Gasteiger partial charge is 0.343 e. The fourth-order valence-corrected chi connectivity index (χ4v) is 2.71. The van der Waals surface area contributed by atoms with Crippen molar-refractivity contribution in [3.63, 3.8) is 0 Å². The second-order valence-corrected chi connectivity index (χ2v) is 6.09. The van der Waals surface area contributed by atoms with Crippen LogP contribution in [0.2, 0.25) is 0 Å². The van der Waals surface area contributed by atoms with Gasteiger partial charge in [-0.05, 0) is 42.0 Å². The molecule has 0 bridgehead atoms. The predicted molar refractivity (Wildman–Crippen MR) is 104 cm³/mol. The van der Waals surface area contributed by atoms with E-state index in [1.165, 1.54) is 6.08 Å².